The van der Waals surface area contributed by atoms with Gasteiger partial charge in [0.05, 0.1) is 11.7 Å². The van der Waals surface area contributed by atoms with Crippen LogP contribution in [0.5, 0.6) is 0 Å². The van der Waals surface area contributed by atoms with Gasteiger partial charge in [-0.25, -0.2) is 12.8 Å². The van der Waals surface area contributed by atoms with Crippen LogP contribution in [0.15, 0.2) is 23.1 Å². The van der Waals surface area contributed by atoms with Crippen molar-refractivity contribution in [1.82, 2.24) is 4.31 Å². The Bertz CT molecular complexity index is 610. The first kappa shape index (κ1) is 13.3. The maximum atomic E-state index is 12.9. The molecule has 2 aliphatic rings. The minimum atomic E-state index is -3.71. The number of nitrogens with zero attached hydrogens (tertiary/aromatic N) is 1. The molecule has 0 amide bonds. The van der Waals surface area contributed by atoms with Crippen LogP contribution in [0.3, 0.4) is 0 Å². The molecule has 1 saturated heterocycles. The summed E-state index contributed by atoms with van der Waals surface area (Å²) in [6.45, 7) is 0.269. The Morgan fingerprint density at radius 1 is 1.32 bits per heavy atom. The lowest BCUT2D eigenvalue weighted by atomic mass is 10.3. The summed E-state index contributed by atoms with van der Waals surface area (Å²) in [6, 6.07) is 3.22. The number of sulfonamides is 1. The van der Waals surface area contributed by atoms with Gasteiger partial charge < -0.3 is 0 Å². The normalized spacial score (nSPS) is 30.4. The molecule has 1 heterocycles. The molecular weight excluding hydrogens is 296 g/mol. The van der Waals surface area contributed by atoms with Crippen molar-refractivity contribution < 1.29 is 17.2 Å². The number of fused-ring (bicyclic) bond motifs is 1. The van der Waals surface area contributed by atoms with E-state index in [1.54, 1.807) is 0 Å². The Morgan fingerprint density at radius 2 is 1.95 bits per heavy atom. The molecule has 3 nitrogen and oxygen atoms in total. The van der Waals surface area contributed by atoms with Crippen molar-refractivity contribution in [3.05, 3.63) is 29.0 Å². The van der Waals surface area contributed by atoms with E-state index in [4.69, 9.17) is 11.6 Å². The van der Waals surface area contributed by atoms with Crippen LogP contribution in [0, 0.1) is 23.6 Å². The molecule has 104 valence electrons. The van der Waals surface area contributed by atoms with Crippen molar-refractivity contribution in [3.63, 3.8) is 0 Å². The third kappa shape index (κ3) is 2.06. The number of hydrogen-bond acceptors (Lipinski definition) is 2. The van der Waals surface area contributed by atoms with Gasteiger partial charge in [-0.05, 0) is 36.0 Å². The van der Waals surface area contributed by atoms with E-state index in [9.17, 15) is 17.2 Å². The van der Waals surface area contributed by atoms with E-state index in [0.717, 1.165) is 12.1 Å². The van der Waals surface area contributed by atoms with Crippen molar-refractivity contribution in [1.29, 1.82) is 0 Å². The first-order chi connectivity index (χ1) is 8.95. The Morgan fingerprint density at radius 3 is 2.47 bits per heavy atom. The van der Waals surface area contributed by atoms with Gasteiger partial charge in [0.2, 0.25) is 10.0 Å². The number of alkyl halides is 1. The van der Waals surface area contributed by atoms with Gasteiger partial charge >= 0.3 is 0 Å². The van der Waals surface area contributed by atoms with Crippen molar-refractivity contribution in [3.8, 4) is 0 Å². The van der Waals surface area contributed by atoms with Crippen LogP contribution >= 0.6 is 11.6 Å². The van der Waals surface area contributed by atoms with Crippen LogP contribution in [0.1, 0.15) is 0 Å². The first-order valence-corrected chi connectivity index (χ1v) is 7.78. The van der Waals surface area contributed by atoms with E-state index >= 15 is 0 Å². The highest BCUT2D eigenvalue weighted by molar-refractivity contribution is 7.89. The molecule has 0 aromatic heterocycles. The summed E-state index contributed by atoms with van der Waals surface area (Å²) < 4.78 is 51.5. The molecule has 3 atom stereocenters. The van der Waals surface area contributed by atoms with E-state index in [1.165, 1.54) is 10.4 Å². The van der Waals surface area contributed by atoms with Gasteiger partial charge in [-0.1, -0.05) is 11.6 Å². The number of hydrogen-bond donors (Lipinski definition) is 0. The van der Waals surface area contributed by atoms with Gasteiger partial charge in [-0.3, -0.25) is 4.39 Å². The molecular formula is C12H12ClF2NO2S. The molecule has 0 radical (unpaired) electrons. The van der Waals surface area contributed by atoms with Gasteiger partial charge in [-0.2, -0.15) is 4.31 Å². The minimum Gasteiger partial charge on any atom is -0.251 e. The molecule has 1 aromatic carbocycles. The lowest BCUT2D eigenvalue weighted by Crippen LogP contribution is -2.32. The average Bonchev–Trinajstić information content (AvgIpc) is 2.79. The van der Waals surface area contributed by atoms with E-state index in [-0.39, 0.29) is 34.3 Å². The predicted molar refractivity (Wildman–Crippen MR) is 66.6 cm³/mol. The minimum absolute atomic E-state index is 0.00939. The molecule has 19 heavy (non-hydrogen) atoms. The second-order valence-electron chi connectivity index (χ2n) is 5.04. The summed E-state index contributed by atoms with van der Waals surface area (Å²) in [6.07, 6.45) is 0. The van der Waals surface area contributed by atoms with E-state index in [1.807, 2.05) is 0 Å². The number of benzene rings is 1. The van der Waals surface area contributed by atoms with E-state index in [2.05, 4.69) is 0 Å². The van der Waals surface area contributed by atoms with E-state index in [0.29, 0.717) is 13.1 Å². The van der Waals surface area contributed by atoms with Crippen molar-refractivity contribution >= 4 is 21.6 Å². The molecule has 1 aromatic rings. The zero-order valence-corrected chi connectivity index (χ0v) is 11.5. The zero-order valence-electron chi connectivity index (χ0n) is 9.89. The van der Waals surface area contributed by atoms with Gasteiger partial charge in [0.25, 0.3) is 0 Å². The quantitative estimate of drug-likeness (QED) is 0.859. The van der Waals surface area contributed by atoms with Crippen LogP contribution in [-0.4, -0.2) is 32.5 Å². The fourth-order valence-electron chi connectivity index (χ4n) is 2.86. The van der Waals surface area contributed by atoms with Crippen LogP contribution in [0.2, 0.25) is 5.02 Å². The Balaban J connectivity index is 1.85. The molecule has 1 aliphatic carbocycles. The highest BCUT2D eigenvalue weighted by Gasteiger charge is 2.57. The van der Waals surface area contributed by atoms with Crippen molar-refractivity contribution in [2.75, 3.05) is 19.8 Å². The molecule has 0 bridgehead atoms. The highest BCUT2D eigenvalue weighted by atomic mass is 35.5. The SMILES string of the molecule is O=S(=O)(c1ccc(F)cc1Cl)N1C[C@@H]2C(CF)[C@@H]2C1. The summed E-state index contributed by atoms with van der Waals surface area (Å²) >= 11 is 5.79. The highest BCUT2D eigenvalue weighted by Crippen LogP contribution is 2.53. The predicted octanol–water partition coefficient (Wildman–Crippen LogP) is 2.32. The summed E-state index contributed by atoms with van der Waals surface area (Å²) in [5, 5.41) is -0.123. The Labute approximate surface area is 115 Å². The number of halogens is 3. The molecule has 1 saturated carbocycles. The first-order valence-electron chi connectivity index (χ1n) is 5.96. The second kappa shape index (κ2) is 4.40. The molecule has 0 N–H and O–H groups in total. The fourth-order valence-corrected chi connectivity index (χ4v) is 4.88. The zero-order chi connectivity index (χ0) is 13.8. The van der Waals surface area contributed by atoms with Crippen LogP contribution in [0.4, 0.5) is 8.78 Å². The maximum absolute atomic E-state index is 12.9. The Hall–Kier alpha value is -0.720. The van der Waals surface area contributed by atoms with Gasteiger partial charge in [0.15, 0.2) is 0 Å². The fraction of sp³-hybridized carbons (Fsp3) is 0.500. The van der Waals surface area contributed by atoms with Crippen molar-refractivity contribution in [2.45, 2.75) is 4.90 Å². The van der Waals surface area contributed by atoms with Gasteiger partial charge in [0, 0.05) is 13.1 Å². The summed E-state index contributed by atoms with van der Waals surface area (Å²) in [5.74, 6) is -0.321. The average molecular weight is 308 g/mol. The number of rotatable bonds is 3. The van der Waals surface area contributed by atoms with Gasteiger partial charge in [0.1, 0.15) is 10.7 Å². The van der Waals surface area contributed by atoms with Crippen LogP contribution < -0.4 is 0 Å². The lowest BCUT2D eigenvalue weighted by Gasteiger charge is -2.19. The molecule has 7 heteroatoms. The van der Waals surface area contributed by atoms with Crippen LogP contribution in [-0.2, 0) is 10.0 Å². The van der Waals surface area contributed by atoms with Gasteiger partial charge in [-0.15, -0.1) is 0 Å². The van der Waals surface area contributed by atoms with Crippen LogP contribution in [0.25, 0.3) is 0 Å². The monoisotopic (exact) mass is 307 g/mol. The smallest absolute Gasteiger partial charge is 0.244 e. The standard InChI is InChI=1S/C12H12ClF2NO2S/c13-11-3-7(15)1-2-12(11)19(17,18)16-5-9-8(4-14)10(9)6-16/h1-3,8-10H,4-6H2/t8?,9-,10+. The topological polar surface area (TPSA) is 37.4 Å². The largest absolute Gasteiger partial charge is 0.251 e. The summed E-state index contributed by atoms with van der Waals surface area (Å²) in [4.78, 5) is -0.0892. The Kier molecular flexibility index (Phi) is 3.07. The lowest BCUT2D eigenvalue weighted by molar-refractivity contribution is 0.361. The van der Waals surface area contributed by atoms with E-state index < -0.39 is 15.8 Å². The third-order valence-electron chi connectivity index (χ3n) is 4.03. The summed E-state index contributed by atoms with van der Waals surface area (Å²) in [5.41, 5.74) is 0. The number of piperidine rings is 1. The molecule has 1 unspecified atom stereocenters. The second-order valence-corrected chi connectivity index (χ2v) is 7.36. The molecule has 3 rings (SSSR count). The maximum Gasteiger partial charge on any atom is 0.244 e. The van der Waals surface area contributed by atoms with Crippen molar-refractivity contribution in [2.24, 2.45) is 17.8 Å². The molecule has 2 fully saturated rings. The third-order valence-corrected chi connectivity index (χ3v) is 6.34. The summed E-state index contributed by atoms with van der Waals surface area (Å²) in [7, 11) is -3.71. The molecule has 0 spiro atoms. The molecule has 1 aliphatic heterocycles.